The highest BCUT2D eigenvalue weighted by Crippen LogP contribution is 2.52. The van der Waals surface area contributed by atoms with E-state index in [0.29, 0.717) is 5.92 Å². The van der Waals surface area contributed by atoms with E-state index in [1.165, 1.54) is 36.8 Å². The van der Waals surface area contributed by atoms with Crippen LogP contribution in [0.1, 0.15) is 38.5 Å². The molecule has 0 unspecified atom stereocenters. The van der Waals surface area contributed by atoms with Crippen molar-refractivity contribution in [1.82, 2.24) is 0 Å². The van der Waals surface area contributed by atoms with E-state index >= 15 is 0 Å². The van der Waals surface area contributed by atoms with E-state index in [9.17, 15) is 5.11 Å². The number of rotatable bonds is 0. The van der Waals surface area contributed by atoms with Gasteiger partial charge in [-0.15, -0.1) is 0 Å². The van der Waals surface area contributed by atoms with Gasteiger partial charge in [0.1, 0.15) is 5.60 Å². The first-order valence-electron chi connectivity index (χ1n) is 7.31. The fourth-order valence-electron chi connectivity index (χ4n) is 4.39. The Bertz CT molecular complexity index is 506. The van der Waals surface area contributed by atoms with Crippen molar-refractivity contribution in [2.45, 2.75) is 44.1 Å². The lowest BCUT2D eigenvalue weighted by molar-refractivity contribution is 0.0960. The van der Waals surface area contributed by atoms with Gasteiger partial charge in [0.15, 0.2) is 0 Å². The second-order valence-corrected chi connectivity index (χ2v) is 6.22. The third-order valence-corrected chi connectivity index (χ3v) is 5.32. The molecule has 3 atom stereocenters. The SMILES string of the molecule is O[C@@]12C=CC=C1C1=CC=C3CCCC[C@@H]3[C@H]1CC2. The van der Waals surface area contributed by atoms with Crippen molar-refractivity contribution in [3.05, 3.63) is 47.1 Å². The summed E-state index contributed by atoms with van der Waals surface area (Å²) in [5.74, 6) is 1.45. The van der Waals surface area contributed by atoms with Crippen molar-refractivity contribution < 1.29 is 5.11 Å². The van der Waals surface area contributed by atoms with Crippen LogP contribution >= 0.6 is 0 Å². The van der Waals surface area contributed by atoms with E-state index in [4.69, 9.17) is 0 Å². The van der Waals surface area contributed by atoms with Crippen LogP contribution in [0.5, 0.6) is 0 Å². The van der Waals surface area contributed by atoms with E-state index in [1.54, 1.807) is 5.57 Å². The summed E-state index contributed by atoms with van der Waals surface area (Å²) < 4.78 is 0. The molecule has 4 aliphatic rings. The van der Waals surface area contributed by atoms with Crippen LogP contribution in [0.15, 0.2) is 47.1 Å². The van der Waals surface area contributed by atoms with Crippen molar-refractivity contribution in [2.24, 2.45) is 11.8 Å². The standard InChI is InChI=1S/C17H20O/c18-17-10-3-6-16(17)15-8-7-12-4-1-2-5-13(12)14(15)9-11-17/h3,6-8,10,13-14,18H,1-2,4-5,9,11H2/t13-,14+,17+/m0/s1. The van der Waals surface area contributed by atoms with E-state index in [0.717, 1.165) is 18.8 Å². The molecule has 94 valence electrons. The molecule has 0 aromatic carbocycles. The monoisotopic (exact) mass is 240 g/mol. The highest BCUT2D eigenvalue weighted by Gasteiger charge is 2.44. The van der Waals surface area contributed by atoms with Crippen molar-refractivity contribution in [3.8, 4) is 0 Å². The third-order valence-electron chi connectivity index (χ3n) is 5.32. The average molecular weight is 240 g/mol. The molecule has 18 heavy (non-hydrogen) atoms. The van der Waals surface area contributed by atoms with Gasteiger partial charge in [0.05, 0.1) is 0 Å². The Morgan fingerprint density at radius 1 is 1.06 bits per heavy atom. The van der Waals surface area contributed by atoms with Crippen molar-refractivity contribution in [1.29, 1.82) is 0 Å². The summed E-state index contributed by atoms with van der Waals surface area (Å²) in [4.78, 5) is 0. The number of fused-ring (bicyclic) bond motifs is 5. The second kappa shape index (κ2) is 3.71. The maximum absolute atomic E-state index is 10.6. The number of allylic oxidation sites excluding steroid dienone is 5. The van der Waals surface area contributed by atoms with Crippen LogP contribution in [0.4, 0.5) is 0 Å². The summed E-state index contributed by atoms with van der Waals surface area (Å²) in [6, 6.07) is 0. The molecule has 4 rings (SSSR count). The zero-order chi connectivity index (χ0) is 12.2. The zero-order valence-corrected chi connectivity index (χ0v) is 10.7. The molecule has 0 radical (unpaired) electrons. The first-order valence-corrected chi connectivity index (χ1v) is 7.31. The van der Waals surface area contributed by atoms with Gasteiger partial charge in [0, 0.05) is 0 Å². The molecule has 0 amide bonds. The Kier molecular flexibility index (Phi) is 2.23. The quantitative estimate of drug-likeness (QED) is 0.685. The Hall–Kier alpha value is -1.08. The predicted octanol–water partition coefficient (Wildman–Crippen LogP) is 3.68. The molecule has 1 N–H and O–H groups in total. The van der Waals surface area contributed by atoms with Gasteiger partial charge in [-0.1, -0.05) is 36.3 Å². The molecule has 2 fully saturated rings. The lowest BCUT2D eigenvalue weighted by Gasteiger charge is -2.44. The van der Waals surface area contributed by atoms with Crippen molar-refractivity contribution >= 4 is 0 Å². The normalized spacial score (nSPS) is 41.3. The minimum absolute atomic E-state index is 0.650. The molecule has 2 saturated carbocycles. The van der Waals surface area contributed by atoms with Gasteiger partial charge in [-0.25, -0.2) is 0 Å². The molecule has 1 heteroatoms. The highest BCUT2D eigenvalue weighted by atomic mass is 16.3. The molecule has 0 saturated heterocycles. The molecule has 4 aliphatic carbocycles. The smallest absolute Gasteiger partial charge is 0.108 e. The van der Waals surface area contributed by atoms with Crippen LogP contribution in [-0.4, -0.2) is 10.7 Å². The van der Waals surface area contributed by atoms with Crippen molar-refractivity contribution in [3.63, 3.8) is 0 Å². The van der Waals surface area contributed by atoms with Gasteiger partial charge in [-0.05, 0) is 61.2 Å². The maximum Gasteiger partial charge on any atom is 0.108 e. The summed E-state index contributed by atoms with van der Waals surface area (Å²) in [6.07, 6.45) is 18.2. The van der Waals surface area contributed by atoms with Crippen LogP contribution in [-0.2, 0) is 0 Å². The van der Waals surface area contributed by atoms with Gasteiger partial charge in [-0.3, -0.25) is 0 Å². The topological polar surface area (TPSA) is 20.2 Å². The Labute approximate surface area is 109 Å². The molecule has 1 nitrogen and oxygen atoms in total. The predicted molar refractivity (Wildman–Crippen MR) is 73.0 cm³/mol. The van der Waals surface area contributed by atoms with Crippen LogP contribution in [0.3, 0.4) is 0 Å². The van der Waals surface area contributed by atoms with Crippen molar-refractivity contribution in [2.75, 3.05) is 0 Å². The number of aliphatic hydroxyl groups is 1. The van der Waals surface area contributed by atoms with E-state index < -0.39 is 5.60 Å². The molecule has 0 aliphatic heterocycles. The molecular weight excluding hydrogens is 220 g/mol. The van der Waals surface area contributed by atoms with Gasteiger partial charge in [-0.2, -0.15) is 0 Å². The number of hydrogen-bond donors (Lipinski definition) is 1. The molecular formula is C17H20O. The lowest BCUT2D eigenvalue weighted by atomic mass is 9.62. The second-order valence-electron chi connectivity index (χ2n) is 6.22. The Morgan fingerprint density at radius 3 is 2.94 bits per heavy atom. The molecule has 0 spiro atoms. The highest BCUT2D eigenvalue weighted by molar-refractivity contribution is 5.54. The van der Waals surface area contributed by atoms with Gasteiger partial charge >= 0.3 is 0 Å². The fourth-order valence-corrected chi connectivity index (χ4v) is 4.39. The van der Waals surface area contributed by atoms with Gasteiger partial charge < -0.3 is 5.11 Å². The first-order chi connectivity index (χ1) is 8.78. The minimum Gasteiger partial charge on any atom is -0.381 e. The lowest BCUT2D eigenvalue weighted by Crippen LogP contribution is -2.38. The number of hydrogen-bond acceptors (Lipinski definition) is 1. The fraction of sp³-hybridized carbons (Fsp3) is 0.529. The minimum atomic E-state index is -0.650. The Morgan fingerprint density at radius 2 is 2.00 bits per heavy atom. The summed E-state index contributed by atoms with van der Waals surface area (Å²) in [7, 11) is 0. The zero-order valence-electron chi connectivity index (χ0n) is 10.7. The maximum atomic E-state index is 10.6. The average Bonchev–Trinajstić information content (AvgIpc) is 2.80. The molecule has 0 aromatic rings. The van der Waals surface area contributed by atoms with E-state index in [-0.39, 0.29) is 0 Å². The van der Waals surface area contributed by atoms with Crippen LogP contribution < -0.4 is 0 Å². The third kappa shape index (κ3) is 1.37. The molecule has 0 bridgehead atoms. The van der Waals surface area contributed by atoms with Gasteiger partial charge in [0.2, 0.25) is 0 Å². The summed E-state index contributed by atoms with van der Waals surface area (Å²) >= 11 is 0. The van der Waals surface area contributed by atoms with Crippen LogP contribution in [0.2, 0.25) is 0 Å². The Balaban J connectivity index is 1.76. The molecule has 0 heterocycles. The summed E-state index contributed by atoms with van der Waals surface area (Å²) in [6.45, 7) is 0. The van der Waals surface area contributed by atoms with E-state index in [1.807, 2.05) is 12.2 Å². The van der Waals surface area contributed by atoms with Crippen LogP contribution in [0.25, 0.3) is 0 Å². The summed E-state index contributed by atoms with van der Waals surface area (Å²) in [5.41, 5.74) is 3.62. The van der Waals surface area contributed by atoms with Gasteiger partial charge in [0.25, 0.3) is 0 Å². The molecule has 0 aromatic heterocycles. The van der Waals surface area contributed by atoms with Crippen LogP contribution in [0, 0.1) is 11.8 Å². The first kappa shape index (κ1) is 10.8. The van der Waals surface area contributed by atoms with E-state index in [2.05, 4.69) is 18.2 Å². The largest absolute Gasteiger partial charge is 0.381 e. The summed E-state index contributed by atoms with van der Waals surface area (Å²) in [5, 5.41) is 10.6.